The van der Waals surface area contributed by atoms with Crippen LogP contribution in [-0.2, 0) is 5.72 Å². The largest absolute Gasteiger partial charge is 0.346 e. The Balaban J connectivity index is 1.80. The highest BCUT2D eigenvalue weighted by Gasteiger charge is 2.53. The first-order valence-electron chi connectivity index (χ1n) is 8.08. The Hall–Kier alpha value is -1.78. The van der Waals surface area contributed by atoms with Crippen molar-refractivity contribution in [3.05, 3.63) is 65.7 Å². The summed E-state index contributed by atoms with van der Waals surface area (Å²) in [4.78, 5) is 2.25. The second-order valence-electron chi connectivity index (χ2n) is 6.24. The topological polar surface area (TPSA) is 26.5 Å². The predicted molar refractivity (Wildman–Crippen MR) is 96.1 cm³/mol. The van der Waals surface area contributed by atoms with Crippen LogP contribution in [0.4, 0.5) is 5.69 Å². The number of aryl methyl sites for hydroxylation is 1. The normalized spacial score (nSPS) is 24.0. The molecule has 2 aliphatic rings. The second kappa shape index (κ2) is 5.69. The fourth-order valence-corrected chi connectivity index (χ4v) is 4.56. The van der Waals surface area contributed by atoms with Gasteiger partial charge in [0.2, 0.25) is 0 Å². The molecular formula is C19H21N2OS+. The molecule has 2 aliphatic heterocycles. The summed E-state index contributed by atoms with van der Waals surface area (Å²) in [5.74, 6) is 1.11. The van der Waals surface area contributed by atoms with Crippen molar-refractivity contribution in [1.29, 1.82) is 0 Å². The van der Waals surface area contributed by atoms with Crippen LogP contribution >= 0.6 is 11.8 Å². The van der Waals surface area contributed by atoms with Gasteiger partial charge in [0.05, 0.1) is 6.54 Å². The maximum atomic E-state index is 11.5. The lowest BCUT2D eigenvalue weighted by molar-refractivity contribution is -0.656. The summed E-state index contributed by atoms with van der Waals surface area (Å²) in [7, 11) is 0. The lowest BCUT2D eigenvalue weighted by Crippen LogP contribution is -2.41. The number of hydrogen-bond acceptors (Lipinski definition) is 3. The molecule has 118 valence electrons. The van der Waals surface area contributed by atoms with Gasteiger partial charge in [0.1, 0.15) is 5.69 Å². The van der Waals surface area contributed by atoms with E-state index in [4.69, 9.17) is 0 Å². The minimum atomic E-state index is -0.952. The van der Waals surface area contributed by atoms with E-state index in [9.17, 15) is 5.11 Å². The molecule has 0 fully saturated rings. The first-order chi connectivity index (χ1) is 11.2. The SMILES string of the molecule is Cc1ccc(C2(O)CN(c3ccccc3)C3=[N+]2CCCS3)cc1. The number of anilines is 1. The molecule has 3 nitrogen and oxygen atoms in total. The first kappa shape index (κ1) is 14.8. The molecular weight excluding hydrogens is 304 g/mol. The highest BCUT2D eigenvalue weighted by Crippen LogP contribution is 2.37. The molecule has 2 heterocycles. The fourth-order valence-electron chi connectivity index (χ4n) is 3.38. The molecule has 0 bridgehead atoms. The number of hydrogen-bond donors (Lipinski definition) is 1. The molecule has 0 amide bonds. The Morgan fingerprint density at radius 3 is 2.57 bits per heavy atom. The first-order valence-corrected chi connectivity index (χ1v) is 9.06. The summed E-state index contributed by atoms with van der Waals surface area (Å²) in [6.45, 7) is 3.55. The Bertz CT molecular complexity index is 742. The zero-order valence-electron chi connectivity index (χ0n) is 13.3. The van der Waals surface area contributed by atoms with Crippen LogP contribution in [0.15, 0.2) is 54.6 Å². The quantitative estimate of drug-likeness (QED) is 0.859. The van der Waals surface area contributed by atoms with E-state index in [2.05, 4.69) is 64.9 Å². The second-order valence-corrected chi connectivity index (χ2v) is 7.30. The third kappa shape index (κ3) is 2.46. The molecule has 1 N–H and O–H groups in total. The van der Waals surface area contributed by atoms with Crippen LogP contribution in [0.5, 0.6) is 0 Å². The number of thioether (sulfide) groups is 1. The third-order valence-electron chi connectivity index (χ3n) is 4.63. The summed E-state index contributed by atoms with van der Waals surface area (Å²) >= 11 is 1.85. The van der Waals surface area contributed by atoms with E-state index in [0.717, 1.165) is 30.0 Å². The lowest BCUT2D eigenvalue weighted by Gasteiger charge is -2.24. The van der Waals surface area contributed by atoms with E-state index in [1.54, 1.807) is 0 Å². The van der Waals surface area contributed by atoms with Gasteiger partial charge >= 0.3 is 5.17 Å². The molecule has 2 aromatic rings. The monoisotopic (exact) mass is 325 g/mol. The minimum absolute atomic E-state index is 0.572. The van der Waals surface area contributed by atoms with Crippen LogP contribution in [-0.4, -0.2) is 33.7 Å². The molecule has 1 atom stereocenters. The molecule has 4 heteroatoms. The summed E-state index contributed by atoms with van der Waals surface area (Å²) in [5, 5.41) is 12.7. The molecule has 23 heavy (non-hydrogen) atoms. The van der Waals surface area contributed by atoms with Crippen LogP contribution in [0.1, 0.15) is 17.5 Å². The third-order valence-corrected chi connectivity index (χ3v) is 5.82. The van der Waals surface area contributed by atoms with E-state index in [1.165, 1.54) is 10.7 Å². The van der Waals surface area contributed by atoms with Crippen molar-refractivity contribution in [3.8, 4) is 0 Å². The zero-order valence-corrected chi connectivity index (χ0v) is 14.1. The van der Waals surface area contributed by atoms with Crippen molar-refractivity contribution in [2.45, 2.75) is 19.1 Å². The molecule has 0 aromatic heterocycles. The van der Waals surface area contributed by atoms with Crippen molar-refractivity contribution < 1.29 is 9.68 Å². The zero-order chi connectivity index (χ0) is 15.9. The molecule has 1 unspecified atom stereocenters. The van der Waals surface area contributed by atoms with Gasteiger partial charge < -0.3 is 5.11 Å². The molecule has 0 radical (unpaired) electrons. The molecule has 4 rings (SSSR count). The summed E-state index contributed by atoms with van der Waals surface area (Å²) in [6.07, 6.45) is 1.10. The average Bonchev–Trinajstić information content (AvgIpc) is 2.91. The van der Waals surface area contributed by atoms with Gasteiger partial charge in [0, 0.05) is 11.3 Å². The number of aliphatic hydroxyl groups is 1. The number of nitrogens with zero attached hydrogens (tertiary/aromatic N) is 2. The van der Waals surface area contributed by atoms with E-state index >= 15 is 0 Å². The highest BCUT2D eigenvalue weighted by atomic mass is 32.2. The van der Waals surface area contributed by atoms with Crippen molar-refractivity contribution in [2.75, 3.05) is 23.7 Å². The van der Waals surface area contributed by atoms with Crippen molar-refractivity contribution in [2.24, 2.45) is 0 Å². The fraction of sp³-hybridized carbons (Fsp3) is 0.316. The number of rotatable bonds is 2. The summed E-state index contributed by atoms with van der Waals surface area (Å²) < 4.78 is 2.18. The summed E-state index contributed by atoms with van der Waals surface area (Å²) in [5.41, 5.74) is 2.38. The smallest absolute Gasteiger partial charge is 0.316 e. The summed E-state index contributed by atoms with van der Waals surface area (Å²) in [6, 6.07) is 18.6. The van der Waals surface area contributed by atoms with E-state index in [0.29, 0.717) is 6.54 Å². The van der Waals surface area contributed by atoms with Gasteiger partial charge in [0.25, 0.3) is 5.72 Å². The molecule has 0 saturated carbocycles. The van der Waals surface area contributed by atoms with Crippen molar-refractivity contribution >= 4 is 22.6 Å². The Labute approximate surface area is 141 Å². The predicted octanol–water partition coefficient (Wildman–Crippen LogP) is 3.17. The highest BCUT2D eigenvalue weighted by molar-refractivity contribution is 8.13. The maximum absolute atomic E-state index is 11.5. The van der Waals surface area contributed by atoms with Gasteiger partial charge in [-0.25, -0.2) is 9.48 Å². The van der Waals surface area contributed by atoms with Gasteiger partial charge in [-0.05, 0) is 37.2 Å². The Morgan fingerprint density at radius 1 is 1.09 bits per heavy atom. The van der Waals surface area contributed by atoms with Crippen molar-refractivity contribution in [3.63, 3.8) is 0 Å². The molecule has 0 saturated heterocycles. The van der Waals surface area contributed by atoms with Gasteiger partial charge in [-0.3, -0.25) is 0 Å². The number of β-amino-alcohol motifs (C(OH)–C–C–N with tert-alkyl or cyclic N) is 1. The molecule has 2 aromatic carbocycles. The minimum Gasteiger partial charge on any atom is -0.346 e. The lowest BCUT2D eigenvalue weighted by atomic mass is 10.0. The standard InChI is InChI=1S/C19H21N2OS/c1-15-8-10-16(11-9-15)19(22)14-20(17-6-3-2-4-7-17)18-21(19)12-5-13-23-18/h2-4,6-11,22H,5,12-14H2,1H3/q+1. The maximum Gasteiger partial charge on any atom is 0.316 e. The van der Waals surface area contributed by atoms with Crippen LogP contribution in [0.25, 0.3) is 0 Å². The average molecular weight is 325 g/mol. The van der Waals surface area contributed by atoms with E-state index in [-0.39, 0.29) is 0 Å². The Kier molecular flexibility index (Phi) is 3.66. The van der Waals surface area contributed by atoms with Crippen LogP contribution in [0, 0.1) is 6.92 Å². The number of benzene rings is 2. The van der Waals surface area contributed by atoms with Crippen LogP contribution < -0.4 is 4.90 Å². The number of para-hydroxylation sites is 1. The van der Waals surface area contributed by atoms with Crippen molar-refractivity contribution in [1.82, 2.24) is 0 Å². The Morgan fingerprint density at radius 2 is 1.83 bits per heavy atom. The van der Waals surface area contributed by atoms with Gasteiger partial charge in [-0.15, -0.1) is 0 Å². The molecule has 0 spiro atoms. The van der Waals surface area contributed by atoms with Crippen LogP contribution in [0.2, 0.25) is 0 Å². The van der Waals surface area contributed by atoms with Gasteiger partial charge in [-0.1, -0.05) is 48.0 Å². The molecule has 0 aliphatic carbocycles. The van der Waals surface area contributed by atoms with E-state index in [1.807, 2.05) is 17.8 Å². The van der Waals surface area contributed by atoms with E-state index < -0.39 is 5.72 Å². The van der Waals surface area contributed by atoms with Crippen LogP contribution in [0.3, 0.4) is 0 Å². The van der Waals surface area contributed by atoms with Gasteiger partial charge in [-0.2, -0.15) is 0 Å². The number of amidine groups is 1. The van der Waals surface area contributed by atoms with Gasteiger partial charge in [0.15, 0.2) is 6.54 Å².